The molecule has 8 nitrogen and oxygen atoms in total. The van der Waals surface area contributed by atoms with Crippen LogP contribution >= 0.6 is 22.7 Å². The number of para-hydroxylation sites is 3. The monoisotopic (exact) mass is 1400 g/mol. The van der Waals surface area contributed by atoms with E-state index in [4.69, 9.17) is 19.9 Å². The fraction of sp³-hybridized carbons (Fsp3) is 0. The molecule has 0 radical (unpaired) electrons. The maximum atomic E-state index is 5.82. The molecular formula is C98H52N8S2. The number of thiophene rings is 2. The van der Waals surface area contributed by atoms with Crippen molar-refractivity contribution >= 4 is 215 Å². The number of hydrogen-bond donors (Lipinski definition) is 0. The zero-order chi connectivity index (χ0) is 69.9. The van der Waals surface area contributed by atoms with E-state index in [0.29, 0.717) is 11.9 Å². The Morgan fingerprint density at radius 1 is 0.213 bits per heavy atom. The molecule has 0 aliphatic rings. The fourth-order valence-corrected chi connectivity index (χ4v) is 21.3. The lowest BCUT2D eigenvalue weighted by atomic mass is 9.95. The van der Waals surface area contributed by atoms with Gasteiger partial charge in [-0.15, -0.1) is 22.7 Å². The van der Waals surface area contributed by atoms with E-state index in [1.165, 1.54) is 139 Å². The zero-order valence-electron chi connectivity index (χ0n) is 57.4. The Morgan fingerprint density at radius 3 is 1.20 bits per heavy atom. The summed E-state index contributed by atoms with van der Waals surface area (Å²) in [5, 5.41) is 23.9. The molecule has 0 unspecified atom stereocenters. The number of hydrogen-bond acceptors (Lipinski definition) is 6. The maximum Gasteiger partial charge on any atom is 0.235 e. The summed E-state index contributed by atoms with van der Waals surface area (Å²) in [6, 6.07) is 116. The summed E-state index contributed by atoms with van der Waals surface area (Å²) < 4.78 is 14.3. The third-order valence-corrected chi connectivity index (χ3v) is 25.9. The van der Waals surface area contributed by atoms with Gasteiger partial charge in [-0.2, -0.15) is 0 Å². The van der Waals surface area contributed by atoms with Gasteiger partial charge in [0.1, 0.15) is 0 Å². The molecule has 0 bridgehead atoms. The van der Waals surface area contributed by atoms with Crippen LogP contribution in [-0.2, 0) is 0 Å². The van der Waals surface area contributed by atoms with Gasteiger partial charge in [0.15, 0.2) is 0 Å². The van der Waals surface area contributed by atoms with Crippen LogP contribution in [0, 0.1) is 0 Å². The summed E-state index contributed by atoms with van der Waals surface area (Å²) in [4.78, 5) is 23.0. The Balaban J connectivity index is 0.658. The van der Waals surface area contributed by atoms with Crippen LogP contribution in [0.3, 0.4) is 0 Å². The molecule has 26 aromatic rings. The Labute approximate surface area is 621 Å². The summed E-state index contributed by atoms with van der Waals surface area (Å²) >= 11 is 3.54. The Morgan fingerprint density at radius 2 is 0.620 bits per heavy atom. The number of rotatable bonds is 6. The van der Waals surface area contributed by atoms with E-state index in [-0.39, 0.29) is 0 Å². The van der Waals surface area contributed by atoms with Gasteiger partial charge in [0.2, 0.25) is 11.9 Å². The van der Waals surface area contributed by atoms with Gasteiger partial charge in [-0.3, -0.25) is 9.13 Å². The Hall–Kier alpha value is -13.9. The fourth-order valence-electron chi connectivity index (χ4n) is 19.0. The first kappa shape index (κ1) is 57.5. The highest BCUT2D eigenvalue weighted by atomic mass is 32.1. The molecule has 108 heavy (non-hydrogen) atoms. The highest BCUT2D eigenvalue weighted by molar-refractivity contribution is 7.26. The summed E-state index contributed by atoms with van der Waals surface area (Å²) in [7, 11) is 0. The van der Waals surface area contributed by atoms with Gasteiger partial charge in [0.05, 0.1) is 87.0 Å². The molecule has 496 valence electrons. The van der Waals surface area contributed by atoms with E-state index in [1.807, 2.05) is 0 Å². The van der Waals surface area contributed by atoms with Crippen LogP contribution in [0.1, 0.15) is 0 Å². The SMILES string of the molecule is c1cc(-c2ccc(-c3nc(-n4c5ccc6ccccc6c5c5c6c7ccccc7n7c8ccccc8c(cc54)c67)nc4c3sc3ccccc34)cc2)cc(-c2ccc3c(c2)c2c4c5c6ccccc6ccc5n(-c5nc(-c6ccc7ccccc7c6)c6sc7ccccc7c6n5)c4cc4c5ccccc5n3c42)c1. The van der Waals surface area contributed by atoms with Gasteiger partial charge < -0.3 is 8.80 Å². The van der Waals surface area contributed by atoms with Gasteiger partial charge in [0, 0.05) is 95.9 Å². The average molecular weight is 1410 g/mol. The van der Waals surface area contributed by atoms with Crippen LogP contribution in [0.5, 0.6) is 0 Å². The molecule has 0 saturated heterocycles. The first-order chi connectivity index (χ1) is 53.6. The lowest BCUT2D eigenvalue weighted by molar-refractivity contribution is 1.02. The molecule has 0 aliphatic heterocycles. The third kappa shape index (κ3) is 7.55. The summed E-state index contributed by atoms with van der Waals surface area (Å²) in [6.45, 7) is 0. The Bertz CT molecular complexity index is 8520. The maximum absolute atomic E-state index is 5.82. The number of nitrogens with zero attached hydrogens (tertiary/aromatic N) is 8. The van der Waals surface area contributed by atoms with Crippen molar-refractivity contribution in [1.82, 2.24) is 37.9 Å². The molecule has 10 aromatic heterocycles. The minimum absolute atomic E-state index is 0.645. The van der Waals surface area contributed by atoms with Crippen LogP contribution < -0.4 is 0 Å². The Kier molecular flexibility index (Phi) is 11.2. The number of fused-ring (bicyclic) bond motifs is 31. The largest absolute Gasteiger partial charge is 0.308 e. The molecule has 0 saturated carbocycles. The topological polar surface area (TPSA) is 70.2 Å². The normalized spacial score (nSPS) is 12.6. The van der Waals surface area contributed by atoms with Crippen molar-refractivity contribution in [3.63, 3.8) is 0 Å². The first-order valence-electron chi connectivity index (χ1n) is 36.8. The van der Waals surface area contributed by atoms with Crippen molar-refractivity contribution in [3.8, 4) is 56.7 Å². The molecule has 10 heteroatoms. The van der Waals surface area contributed by atoms with E-state index in [0.717, 1.165) is 98.0 Å². The second kappa shape index (κ2) is 21.0. The van der Waals surface area contributed by atoms with E-state index < -0.39 is 0 Å². The standard InChI is InChI=1S/C98H52N8S2/c1-2-21-58-49-62(41-38-53(58)18-1)90-96-92(69-30-11-16-35-82(69)108-96)102-98(100-90)106-78-47-43-56-20-4-6-25-64(56)84(78)88-80(106)52-71-66-27-8-13-32-74(66)104-76-45-44-61(50-72(76)86(88)94(71)104)60-23-17-22-59(48-60)54-36-39-57(40-37-54)89-95-91(68-29-10-15-34-81(68)107-95)101-97(99-89)105-77-46-42-55-19-3-5-24-63(55)83(77)87-79(105)51-70-65-26-7-12-31-73(65)103-75-33-14-9-28-67(75)85(87)93(70)103/h1-52H. The minimum Gasteiger partial charge on any atom is -0.308 e. The molecule has 16 aromatic carbocycles. The van der Waals surface area contributed by atoms with E-state index in [1.54, 1.807) is 22.7 Å². The van der Waals surface area contributed by atoms with Crippen molar-refractivity contribution in [2.24, 2.45) is 0 Å². The van der Waals surface area contributed by atoms with Crippen LogP contribution in [0.25, 0.3) is 249 Å². The van der Waals surface area contributed by atoms with Crippen LogP contribution in [0.15, 0.2) is 315 Å². The number of benzene rings is 16. The summed E-state index contributed by atoms with van der Waals surface area (Å²) in [6.07, 6.45) is 0. The lowest BCUT2D eigenvalue weighted by Crippen LogP contribution is -2.02. The molecule has 0 aliphatic carbocycles. The van der Waals surface area contributed by atoms with Crippen molar-refractivity contribution < 1.29 is 0 Å². The van der Waals surface area contributed by atoms with Crippen molar-refractivity contribution in [2.45, 2.75) is 0 Å². The molecule has 10 heterocycles. The van der Waals surface area contributed by atoms with Gasteiger partial charge in [-0.1, -0.05) is 237 Å². The van der Waals surface area contributed by atoms with Crippen molar-refractivity contribution in [1.29, 1.82) is 0 Å². The van der Waals surface area contributed by atoms with Crippen LogP contribution in [-0.4, -0.2) is 37.9 Å². The molecule has 0 fully saturated rings. The van der Waals surface area contributed by atoms with Crippen molar-refractivity contribution in [2.75, 3.05) is 0 Å². The molecule has 0 amide bonds. The first-order valence-corrected chi connectivity index (χ1v) is 38.4. The lowest BCUT2D eigenvalue weighted by Gasteiger charge is -2.11. The predicted molar refractivity (Wildman–Crippen MR) is 456 cm³/mol. The highest BCUT2D eigenvalue weighted by Crippen LogP contribution is 2.53. The van der Waals surface area contributed by atoms with E-state index in [9.17, 15) is 0 Å². The van der Waals surface area contributed by atoms with E-state index >= 15 is 0 Å². The molecular weight excluding hydrogens is 1350 g/mol. The average Bonchev–Trinajstić information content (AvgIpc) is 1.51. The summed E-state index contributed by atoms with van der Waals surface area (Å²) in [5.41, 5.74) is 21.9. The van der Waals surface area contributed by atoms with Crippen LogP contribution in [0.4, 0.5) is 0 Å². The van der Waals surface area contributed by atoms with E-state index in [2.05, 4.69) is 333 Å². The van der Waals surface area contributed by atoms with Gasteiger partial charge in [-0.05, 0) is 133 Å². The minimum atomic E-state index is 0.645. The summed E-state index contributed by atoms with van der Waals surface area (Å²) in [5.74, 6) is 1.29. The quantitative estimate of drug-likeness (QED) is 0.166. The van der Waals surface area contributed by atoms with Gasteiger partial charge in [0.25, 0.3) is 0 Å². The van der Waals surface area contributed by atoms with Gasteiger partial charge >= 0.3 is 0 Å². The molecule has 0 atom stereocenters. The second-order valence-corrected chi connectivity index (χ2v) is 31.2. The smallest absolute Gasteiger partial charge is 0.235 e. The molecule has 0 spiro atoms. The van der Waals surface area contributed by atoms with Gasteiger partial charge in [-0.25, -0.2) is 19.9 Å². The molecule has 26 rings (SSSR count). The predicted octanol–water partition coefficient (Wildman–Crippen LogP) is 26.6. The highest BCUT2D eigenvalue weighted by Gasteiger charge is 2.31. The van der Waals surface area contributed by atoms with Crippen molar-refractivity contribution in [3.05, 3.63) is 315 Å². The molecule has 0 N–H and O–H groups in total. The number of aromatic nitrogens is 8. The third-order valence-electron chi connectivity index (χ3n) is 23.6. The second-order valence-electron chi connectivity index (χ2n) is 29.1. The van der Waals surface area contributed by atoms with Crippen LogP contribution in [0.2, 0.25) is 0 Å². The zero-order valence-corrected chi connectivity index (χ0v) is 59.0.